The van der Waals surface area contributed by atoms with Crippen molar-refractivity contribution >= 4 is 11.9 Å². The molecule has 0 aliphatic carbocycles. The predicted octanol–water partition coefficient (Wildman–Crippen LogP) is -0.934. The maximum Gasteiger partial charge on any atom is 0.317 e. The van der Waals surface area contributed by atoms with E-state index in [2.05, 4.69) is 5.32 Å². The lowest BCUT2D eigenvalue weighted by atomic mass is 10.2. The Balaban J connectivity index is 4.16. The summed E-state index contributed by atoms with van der Waals surface area (Å²) >= 11 is 0. The summed E-state index contributed by atoms with van der Waals surface area (Å²) in [7, 11) is 3.29. The van der Waals surface area contributed by atoms with Crippen molar-refractivity contribution in [2.75, 3.05) is 27.2 Å². The third-order valence-corrected chi connectivity index (χ3v) is 1.86. The van der Waals surface area contributed by atoms with E-state index in [1.54, 1.807) is 14.1 Å². The molecule has 0 bridgehead atoms. The molecule has 0 fully saturated rings. The molecular weight excluding hydrogens is 188 g/mol. The topological polar surface area (TPSA) is 89.9 Å². The van der Waals surface area contributed by atoms with Gasteiger partial charge < -0.3 is 15.5 Å². The molecular formula is C8H16N2O4. The van der Waals surface area contributed by atoms with Crippen molar-refractivity contribution in [2.24, 2.45) is 0 Å². The van der Waals surface area contributed by atoms with Crippen LogP contribution in [-0.4, -0.2) is 60.3 Å². The molecule has 0 aromatic heterocycles. The number of carboxylic acids is 2. The molecule has 0 aliphatic rings. The maximum atomic E-state index is 10.5. The van der Waals surface area contributed by atoms with Gasteiger partial charge in [0.1, 0.15) is 0 Å². The first-order valence-electron chi connectivity index (χ1n) is 4.25. The van der Waals surface area contributed by atoms with Crippen LogP contribution in [0, 0.1) is 0 Å². The van der Waals surface area contributed by atoms with Crippen molar-refractivity contribution in [3.63, 3.8) is 0 Å². The number of likely N-dealkylation sites (N-methyl/N-ethyl adjacent to an activating group) is 2. The molecule has 3 N–H and O–H groups in total. The van der Waals surface area contributed by atoms with Gasteiger partial charge in [0.05, 0.1) is 13.0 Å². The number of carbonyl (C=O) groups is 2. The normalized spacial score (nSPS) is 12.8. The molecule has 0 amide bonds. The van der Waals surface area contributed by atoms with Crippen LogP contribution in [0.5, 0.6) is 0 Å². The van der Waals surface area contributed by atoms with Crippen molar-refractivity contribution < 1.29 is 19.8 Å². The van der Waals surface area contributed by atoms with E-state index in [-0.39, 0.29) is 19.0 Å². The fourth-order valence-corrected chi connectivity index (χ4v) is 1.16. The highest BCUT2D eigenvalue weighted by atomic mass is 16.4. The van der Waals surface area contributed by atoms with Gasteiger partial charge in [-0.2, -0.15) is 0 Å². The van der Waals surface area contributed by atoms with Crippen LogP contribution >= 0.6 is 0 Å². The standard InChI is InChI=1S/C8H16N2O4/c1-9-4-6(3-7(11)12)10(2)5-8(13)14/h6,9H,3-5H2,1-2H3,(H,11,12)(H,13,14). The molecule has 0 aromatic carbocycles. The Labute approximate surface area is 82.5 Å². The van der Waals surface area contributed by atoms with E-state index in [0.717, 1.165) is 0 Å². The highest BCUT2D eigenvalue weighted by Crippen LogP contribution is 2.00. The number of nitrogens with zero attached hydrogens (tertiary/aromatic N) is 1. The van der Waals surface area contributed by atoms with Gasteiger partial charge in [0.25, 0.3) is 0 Å². The fourth-order valence-electron chi connectivity index (χ4n) is 1.16. The minimum absolute atomic E-state index is 0.0649. The molecule has 0 aliphatic heterocycles. The number of rotatable bonds is 7. The number of carboxylic acid groups (broad SMARTS) is 2. The van der Waals surface area contributed by atoms with Gasteiger partial charge in [0.2, 0.25) is 0 Å². The average Bonchev–Trinajstić information content (AvgIpc) is 2.01. The van der Waals surface area contributed by atoms with E-state index in [1.165, 1.54) is 4.90 Å². The Morgan fingerprint density at radius 1 is 1.36 bits per heavy atom. The molecule has 0 saturated carbocycles. The molecule has 1 unspecified atom stereocenters. The molecule has 6 nitrogen and oxygen atoms in total. The minimum Gasteiger partial charge on any atom is -0.481 e. The third-order valence-electron chi connectivity index (χ3n) is 1.86. The Bertz CT molecular complexity index is 208. The van der Waals surface area contributed by atoms with Crippen molar-refractivity contribution in [1.29, 1.82) is 0 Å². The summed E-state index contributed by atoms with van der Waals surface area (Å²) in [6.07, 6.45) is -0.0649. The number of aliphatic carboxylic acids is 2. The Hall–Kier alpha value is -1.14. The van der Waals surface area contributed by atoms with Gasteiger partial charge in [0, 0.05) is 12.6 Å². The fraction of sp³-hybridized carbons (Fsp3) is 0.750. The van der Waals surface area contributed by atoms with Gasteiger partial charge in [-0.1, -0.05) is 0 Å². The Kier molecular flexibility index (Phi) is 5.82. The van der Waals surface area contributed by atoms with Crippen LogP contribution in [0.1, 0.15) is 6.42 Å². The number of hydrogen-bond acceptors (Lipinski definition) is 4. The number of hydrogen-bond donors (Lipinski definition) is 3. The molecule has 82 valence electrons. The van der Waals surface area contributed by atoms with Gasteiger partial charge >= 0.3 is 11.9 Å². The second-order valence-electron chi connectivity index (χ2n) is 3.12. The first-order chi connectivity index (χ1) is 6.47. The zero-order valence-electron chi connectivity index (χ0n) is 8.36. The van der Waals surface area contributed by atoms with E-state index < -0.39 is 11.9 Å². The van der Waals surface area contributed by atoms with Crippen molar-refractivity contribution in [2.45, 2.75) is 12.5 Å². The van der Waals surface area contributed by atoms with Crippen molar-refractivity contribution in [3.8, 4) is 0 Å². The largest absolute Gasteiger partial charge is 0.481 e. The maximum absolute atomic E-state index is 10.5. The summed E-state index contributed by atoms with van der Waals surface area (Å²) in [4.78, 5) is 22.4. The summed E-state index contributed by atoms with van der Waals surface area (Å²) in [5, 5.41) is 19.9. The molecule has 0 saturated heterocycles. The van der Waals surface area contributed by atoms with Crippen LogP contribution in [0.4, 0.5) is 0 Å². The zero-order valence-corrected chi connectivity index (χ0v) is 8.36. The van der Waals surface area contributed by atoms with E-state index >= 15 is 0 Å². The zero-order chi connectivity index (χ0) is 11.1. The molecule has 0 heterocycles. The van der Waals surface area contributed by atoms with Gasteiger partial charge in [-0.05, 0) is 14.1 Å². The Morgan fingerprint density at radius 3 is 2.29 bits per heavy atom. The Morgan fingerprint density at radius 2 is 1.93 bits per heavy atom. The first kappa shape index (κ1) is 12.9. The van der Waals surface area contributed by atoms with E-state index in [4.69, 9.17) is 10.2 Å². The highest BCUT2D eigenvalue weighted by molar-refractivity contribution is 5.70. The molecule has 6 heteroatoms. The van der Waals surface area contributed by atoms with Crippen LogP contribution in [0.15, 0.2) is 0 Å². The summed E-state index contributed by atoms with van der Waals surface area (Å²) in [5.41, 5.74) is 0. The van der Waals surface area contributed by atoms with Gasteiger partial charge in [0.15, 0.2) is 0 Å². The van der Waals surface area contributed by atoms with Crippen LogP contribution in [0.3, 0.4) is 0 Å². The van der Waals surface area contributed by atoms with Gasteiger partial charge in [-0.25, -0.2) is 0 Å². The van der Waals surface area contributed by atoms with Crippen LogP contribution in [-0.2, 0) is 9.59 Å². The van der Waals surface area contributed by atoms with Gasteiger partial charge in [-0.3, -0.25) is 14.5 Å². The minimum atomic E-state index is -0.959. The van der Waals surface area contributed by atoms with E-state index in [1.807, 2.05) is 0 Å². The lowest BCUT2D eigenvalue weighted by Gasteiger charge is -2.24. The van der Waals surface area contributed by atoms with Crippen LogP contribution < -0.4 is 5.32 Å². The first-order valence-corrected chi connectivity index (χ1v) is 4.25. The quantitative estimate of drug-likeness (QED) is 0.496. The van der Waals surface area contributed by atoms with Crippen LogP contribution in [0.25, 0.3) is 0 Å². The third kappa shape index (κ3) is 5.50. The van der Waals surface area contributed by atoms with Gasteiger partial charge in [-0.15, -0.1) is 0 Å². The van der Waals surface area contributed by atoms with E-state index in [9.17, 15) is 9.59 Å². The van der Waals surface area contributed by atoms with Crippen LogP contribution in [0.2, 0.25) is 0 Å². The molecule has 0 spiro atoms. The monoisotopic (exact) mass is 204 g/mol. The molecule has 0 rings (SSSR count). The smallest absolute Gasteiger partial charge is 0.317 e. The van der Waals surface area contributed by atoms with Crippen molar-refractivity contribution in [3.05, 3.63) is 0 Å². The summed E-state index contributed by atoms with van der Waals surface area (Å²) < 4.78 is 0. The average molecular weight is 204 g/mol. The second-order valence-corrected chi connectivity index (χ2v) is 3.12. The summed E-state index contributed by atoms with van der Waals surface area (Å²) in [5.74, 6) is -1.89. The molecule has 0 aromatic rings. The lowest BCUT2D eigenvalue weighted by Crippen LogP contribution is -2.42. The molecule has 1 atom stereocenters. The molecule has 14 heavy (non-hydrogen) atoms. The second kappa shape index (κ2) is 6.33. The summed E-state index contributed by atoms with van der Waals surface area (Å²) in [6.45, 7) is 0.301. The number of nitrogens with one attached hydrogen (secondary N) is 1. The SMILES string of the molecule is CNCC(CC(=O)O)N(C)CC(=O)O. The summed E-state index contributed by atoms with van der Waals surface area (Å²) in [6, 6.07) is -0.298. The lowest BCUT2D eigenvalue weighted by molar-refractivity contribution is -0.142. The van der Waals surface area contributed by atoms with Crippen molar-refractivity contribution in [1.82, 2.24) is 10.2 Å². The molecule has 0 radical (unpaired) electrons. The van der Waals surface area contributed by atoms with E-state index in [0.29, 0.717) is 6.54 Å². The predicted molar refractivity (Wildman–Crippen MR) is 50.2 cm³/mol. The highest BCUT2D eigenvalue weighted by Gasteiger charge is 2.19.